The number of benzene rings is 2. The number of hydrogen-bond donors (Lipinski definition) is 0. The fourth-order valence-corrected chi connectivity index (χ4v) is 3.55. The molecule has 1 amide bonds. The number of hydrogen-bond acceptors (Lipinski definition) is 7. The number of carbonyl (C=O) groups excluding carboxylic acids is 2. The van der Waals surface area contributed by atoms with Gasteiger partial charge in [-0.1, -0.05) is 18.2 Å². The molecular formula is C21H22N2O7. The third kappa shape index (κ3) is 3.78. The zero-order chi connectivity index (χ0) is 22.0. The van der Waals surface area contributed by atoms with E-state index in [9.17, 15) is 19.7 Å². The van der Waals surface area contributed by atoms with Crippen LogP contribution in [0.5, 0.6) is 11.5 Å². The van der Waals surface area contributed by atoms with Crippen molar-refractivity contribution in [2.45, 2.75) is 32.4 Å². The van der Waals surface area contributed by atoms with E-state index in [1.54, 1.807) is 4.90 Å². The number of rotatable bonds is 6. The molecule has 0 aromatic heterocycles. The van der Waals surface area contributed by atoms with Crippen LogP contribution in [0.25, 0.3) is 0 Å². The SMILES string of the molecule is COc1cc(C(=O)O[C@@H](C)C(=O)N2c3ccccc3C[C@@H]2C)c([N+](=O)[O-])cc1OC. The van der Waals surface area contributed by atoms with Crippen LogP contribution in [-0.4, -0.2) is 43.2 Å². The van der Waals surface area contributed by atoms with Crippen molar-refractivity contribution >= 4 is 23.3 Å². The quantitative estimate of drug-likeness (QED) is 0.406. The van der Waals surface area contributed by atoms with Crippen molar-refractivity contribution in [1.82, 2.24) is 0 Å². The summed E-state index contributed by atoms with van der Waals surface area (Å²) in [7, 11) is 2.67. The molecule has 0 N–H and O–H groups in total. The number of nitro benzene ring substituents is 1. The minimum Gasteiger partial charge on any atom is -0.493 e. The van der Waals surface area contributed by atoms with Gasteiger partial charge in [0.25, 0.3) is 11.6 Å². The molecule has 0 spiro atoms. The van der Waals surface area contributed by atoms with Crippen molar-refractivity contribution in [1.29, 1.82) is 0 Å². The largest absolute Gasteiger partial charge is 0.493 e. The highest BCUT2D eigenvalue weighted by molar-refractivity contribution is 6.02. The topological polar surface area (TPSA) is 108 Å². The minimum atomic E-state index is -1.14. The summed E-state index contributed by atoms with van der Waals surface area (Å²) in [4.78, 5) is 38.0. The van der Waals surface area contributed by atoms with Crippen LogP contribution in [0.2, 0.25) is 0 Å². The Bertz CT molecular complexity index is 1000. The summed E-state index contributed by atoms with van der Waals surface area (Å²) in [5.41, 5.74) is 0.978. The molecule has 3 rings (SSSR count). The molecule has 0 unspecified atom stereocenters. The van der Waals surface area contributed by atoms with Gasteiger partial charge in [0.05, 0.1) is 25.2 Å². The maximum atomic E-state index is 13.0. The van der Waals surface area contributed by atoms with Gasteiger partial charge in [-0.05, 0) is 31.9 Å². The van der Waals surface area contributed by atoms with Gasteiger partial charge in [-0.15, -0.1) is 0 Å². The summed E-state index contributed by atoms with van der Waals surface area (Å²) in [6, 6.07) is 9.68. The van der Waals surface area contributed by atoms with Gasteiger partial charge in [-0.25, -0.2) is 4.79 Å². The predicted octanol–water partition coefficient (Wildman–Crippen LogP) is 3.14. The minimum absolute atomic E-state index is 0.0912. The smallest absolute Gasteiger partial charge is 0.346 e. The lowest BCUT2D eigenvalue weighted by Gasteiger charge is -2.26. The molecule has 1 aliphatic heterocycles. The maximum Gasteiger partial charge on any atom is 0.346 e. The lowest BCUT2D eigenvalue weighted by atomic mass is 10.1. The summed E-state index contributed by atoms with van der Waals surface area (Å²) in [5.74, 6) is -1.16. The molecule has 2 aromatic carbocycles. The van der Waals surface area contributed by atoms with Crippen LogP contribution in [0.4, 0.5) is 11.4 Å². The van der Waals surface area contributed by atoms with Crippen molar-refractivity contribution in [3.05, 3.63) is 57.6 Å². The molecule has 9 nitrogen and oxygen atoms in total. The second-order valence-electron chi connectivity index (χ2n) is 6.92. The average molecular weight is 414 g/mol. The van der Waals surface area contributed by atoms with Crippen LogP contribution in [-0.2, 0) is 16.0 Å². The van der Waals surface area contributed by atoms with Gasteiger partial charge in [0.15, 0.2) is 17.6 Å². The van der Waals surface area contributed by atoms with Crippen LogP contribution in [0.3, 0.4) is 0 Å². The molecule has 158 valence electrons. The normalized spacial score (nSPS) is 15.9. The van der Waals surface area contributed by atoms with E-state index in [1.807, 2.05) is 31.2 Å². The second-order valence-corrected chi connectivity index (χ2v) is 6.92. The average Bonchev–Trinajstić information content (AvgIpc) is 3.07. The van der Waals surface area contributed by atoms with Crippen LogP contribution >= 0.6 is 0 Å². The first kappa shape index (κ1) is 21.1. The van der Waals surface area contributed by atoms with Crippen molar-refractivity contribution in [2.75, 3.05) is 19.1 Å². The lowest BCUT2D eigenvalue weighted by molar-refractivity contribution is -0.385. The molecular weight excluding hydrogens is 392 g/mol. The van der Waals surface area contributed by atoms with Crippen molar-refractivity contribution in [3.63, 3.8) is 0 Å². The first-order chi connectivity index (χ1) is 14.3. The number of fused-ring (bicyclic) bond motifs is 1. The first-order valence-electron chi connectivity index (χ1n) is 9.30. The maximum absolute atomic E-state index is 13.0. The molecule has 9 heteroatoms. The molecule has 0 fully saturated rings. The summed E-state index contributed by atoms with van der Waals surface area (Å²) in [5, 5.41) is 11.4. The monoisotopic (exact) mass is 414 g/mol. The van der Waals surface area contributed by atoms with E-state index < -0.39 is 28.6 Å². The fourth-order valence-electron chi connectivity index (χ4n) is 3.55. The van der Waals surface area contributed by atoms with Gasteiger partial charge in [-0.2, -0.15) is 0 Å². The van der Waals surface area contributed by atoms with Crippen molar-refractivity contribution in [2.24, 2.45) is 0 Å². The Kier molecular flexibility index (Phi) is 5.91. The van der Waals surface area contributed by atoms with Gasteiger partial charge in [-0.3, -0.25) is 14.9 Å². The molecule has 30 heavy (non-hydrogen) atoms. The molecule has 1 heterocycles. The van der Waals surface area contributed by atoms with E-state index >= 15 is 0 Å². The Hall–Kier alpha value is -3.62. The lowest BCUT2D eigenvalue weighted by Crippen LogP contribution is -2.43. The van der Waals surface area contributed by atoms with E-state index in [-0.39, 0.29) is 23.1 Å². The molecule has 0 saturated heterocycles. The molecule has 2 atom stereocenters. The molecule has 0 radical (unpaired) electrons. The van der Waals surface area contributed by atoms with Crippen molar-refractivity contribution in [3.8, 4) is 11.5 Å². The Labute approximate surface area is 173 Å². The van der Waals surface area contributed by atoms with Gasteiger partial charge >= 0.3 is 5.97 Å². The zero-order valence-corrected chi connectivity index (χ0v) is 17.1. The summed E-state index contributed by atoms with van der Waals surface area (Å²) in [6.45, 7) is 3.35. The summed E-state index contributed by atoms with van der Waals surface area (Å²) >= 11 is 0. The number of methoxy groups -OCH3 is 2. The number of carbonyl (C=O) groups is 2. The molecule has 0 saturated carbocycles. The number of para-hydroxylation sites is 1. The van der Waals surface area contributed by atoms with E-state index in [0.29, 0.717) is 6.42 Å². The highest BCUT2D eigenvalue weighted by atomic mass is 16.6. The van der Waals surface area contributed by atoms with E-state index in [0.717, 1.165) is 17.3 Å². The van der Waals surface area contributed by atoms with Gasteiger partial charge in [0.2, 0.25) is 0 Å². The highest BCUT2D eigenvalue weighted by Gasteiger charge is 2.35. The zero-order valence-electron chi connectivity index (χ0n) is 17.1. The standard InChI is InChI=1S/C21H22N2O7/c1-12-9-14-7-5-6-8-16(14)22(12)20(24)13(2)30-21(25)15-10-18(28-3)19(29-4)11-17(15)23(26)27/h5-8,10-13H,9H2,1-4H3/t12-,13-/m0/s1. The Morgan fingerprint density at radius 3 is 2.43 bits per heavy atom. The third-order valence-electron chi connectivity index (χ3n) is 4.99. The summed E-state index contributed by atoms with van der Waals surface area (Å²) in [6.07, 6.45) is -0.442. The van der Waals surface area contributed by atoms with E-state index in [2.05, 4.69) is 0 Å². The Morgan fingerprint density at radius 2 is 1.80 bits per heavy atom. The van der Waals surface area contributed by atoms with Gasteiger partial charge in [0.1, 0.15) is 5.56 Å². The molecule has 0 aliphatic carbocycles. The second kappa shape index (κ2) is 8.40. The number of nitrogens with zero attached hydrogens (tertiary/aromatic N) is 2. The summed E-state index contributed by atoms with van der Waals surface area (Å²) < 4.78 is 15.5. The molecule has 2 aromatic rings. The van der Waals surface area contributed by atoms with Gasteiger partial charge in [0, 0.05) is 17.8 Å². The first-order valence-corrected chi connectivity index (χ1v) is 9.30. The molecule has 1 aliphatic rings. The Morgan fingerprint density at radius 1 is 1.17 bits per heavy atom. The number of amides is 1. The van der Waals surface area contributed by atoms with Crippen molar-refractivity contribution < 1.29 is 28.7 Å². The number of nitro groups is 1. The fraction of sp³-hybridized carbons (Fsp3) is 0.333. The number of anilines is 1. The van der Waals surface area contributed by atoms with Crippen LogP contribution in [0, 0.1) is 10.1 Å². The van der Waals surface area contributed by atoms with E-state index in [4.69, 9.17) is 14.2 Å². The number of esters is 1. The van der Waals surface area contributed by atoms with Crippen LogP contribution in [0.1, 0.15) is 29.8 Å². The highest BCUT2D eigenvalue weighted by Crippen LogP contribution is 2.36. The predicted molar refractivity (Wildman–Crippen MR) is 108 cm³/mol. The van der Waals surface area contributed by atoms with Gasteiger partial charge < -0.3 is 19.1 Å². The van der Waals surface area contributed by atoms with Crippen LogP contribution < -0.4 is 14.4 Å². The number of ether oxygens (including phenoxy) is 3. The van der Waals surface area contributed by atoms with Crippen LogP contribution in [0.15, 0.2) is 36.4 Å². The third-order valence-corrected chi connectivity index (χ3v) is 4.99. The molecule has 0 bridgehead atoms. The Balaban J connectivity index is 1.85. The van der Waals surface area contributed by atoms with E-state index in [1.165, 1.54) is 27.2 Å².